The molecule has 3 rings (SSSR count). The molecule has 1 aliphatic carbocycles. The molecule has 0 heterocycles. The minimum absolute atomic E-state index is 0.0188. The Morgan fingerprint density at radius 2 is 1.65 bits per heavy atom. The molecule has 1 aliphatic rings. The molecule has 0 radical (unpaired) electrons. The predicted molar refractivity (Wildman–Crippen MR) is 123 cm³/mol. The first kappa shape index (κ1) is 24.5. The normalized spacial score (nSPS) is 12.6. The fourth-order valence-electron chi connectivity index (χ4n) is 3.94. The standard InChI is InChI=1S/C25H26N2O7/c1-3-13-27(14-21(28)29)23(30)22(24(31)33-4-2)26-25(32)34-15-20-18-11-7-5-9-16(18)17-10-6-8-12-19(17)20/h3,5-12,20,22H,1,4,13-15H2,2H3,(H,26,32)(H,28,29). The first-order valence-corrected chi connectivity index (χ1v) is 10.8. The molecule has 0 bridgehead atoms. The summed E-state index contributed by atoms with van der Waals surface area (Å²) in [5, 5.41) is 11.3. The van der Waals surface area contributed by atoms with Crippen molar-refractivity contribution in [2.24, 2.45) is 0 Å². The molecule has 1 unspecified atom stereocenters. The largest absolute Gasteiger partial charge is 0.480 e. The maximum Gasteiger partial charge on any atom is 0.408 e. The Kier molecular flexibility index (Phi) is 8.02. The number of hydrogen-bond donors (Lipinski definition) is 2. The lowest BCUT2D eigenvalue weighted by Crippen LogP contribution is -2.54. The van der Waals surface area contributed by atoms with Gasteiger partial charge in [-0.1, -0.05) is 54.6 Å². The third-order valence-electron chi connectivity index (χ3n) is 5.36. The first-order chi connectivity index (χ1) is 16.4. The highest BCUT2D eigenvalue weighted by Crippen LogP contribution is 2.44. The van der Waals surface area contributed by atoms with Gasteiger partial charge < -0.3 is 19.5 Å². The van der Waals surface area contributed by atoms with Crippen molar-refractivity contribution in [2.75, 3.05) is 26.3 Å². The number of esters is 1. The van der Waals surface area contributed by atoms with E-state index in [1.54, 1.807) is 6.92 Å². The van der Waals surface area contributed by atoms with Crippen LogP contribution >= 0.6 is 0 Å². The number of carboxylic acids is 1. The fourth-order valence-corrected chi connectivity index (χ4v) is 3.94. The summed E-state index contributed by atoms with van der Waals surface area (Å²) >= 11 is 0. The summed E-state index contributed by atoms with van der Waals surface area (Å²) in [7, 11) is 0. The number of nitrogens with one attached hydrogen (secondary N) is 1. The number of nitrogens with zero attached hydrogens (tertiary/aromatic N) is 1. The number of benzene rings is 2. The molecule has 9 heteroatoms. The zero-order valence-corrected chi connectivity index (χ0v) is 18.7. The number of carbonyl (C=O) groups excluding carboxylic acids is 3. The number of fused-ring (bicyclic) bond motifs is 3. The van der Waals surface area contributed by atoms with Crippen LogP contribution in [0.5, 0.6) is 0 Å². The Morgan fingerprint density at radius 1 is 1.06 bits per heavy atom. The van der Waals surface area contributed by atoms with Crippen LogP contribution in [0.2, 0.25) is 0 Å². The highest BCUT2D eigenvalue weighted by Gasteiger charge is 2.35. The van der Waals surface area contributed by atoms with E-state index in [4.69, 9.17) is 14.6 Å². The number of ether oxygens (including phenoxy) is 2. The molecule has 2 amide bonds. The van der Waals surface area contributed by atoms with Crippen molar-refractivity contribution < 1.29 is 33.8 Å². The zero-order valence-electron chi connectivity index (χ0n) is 18.7. The fraction of sp³-hybridized carbons (Fsp3) is 0.280. The number of carboxylic acid groups (broad SMARTS) is 1. The maximum absolute atomic E-state index is 12.9. The molecule has 178 valence electrons. The molecular weight excluding hydrogens is 440 g/mol. The smallest absolute Gasteiger partial charge is 0.408 e. The SMILES string of the molecule is C=CCN(CC(=O)O)C(=O)C(NC(=O)OCC1c2ccccc2-c2ccccc21)C(=O)OCC. The van der Waals surface area contributed by atoms with E-state index in [9.17, 15) is 19.2 Å². The van der Waals surface area contributed by atoms with Gasteiger partial charge in [-0.15, -0.1) is 6.58 Å². The van der Waals surface area contributed by atoms with Crippen molar-refractivity contribution >= 4 is 23.9 Å². The van der Waals surface area contributed by atoms with Gasteiger partial charge in [0.2, 0.25) is 6.04 Å². The van der Waals surface area contributed by atoms with E-state index in [2.05, 4.69) is 11.9 Å². The predicted octanol–water partition coefficient (Wildman–Crippen LogP) is 2.56. The number of carbonyl (C=O) groups is 4. The average molecular weight is 466 g/mol. The molecule has 2 aromatic rings. The molecule has 0 saturated carbocycles. The summed E-state index contributed by atoms with van der Waals surface area (Å²) in [6, 6.07) is 13.9. The molecule has 0 aliphatic heterocycles. The number of aliphatic carboxylic acids is 1. The van der Waals surface area contributed by atoms with E-state index in [1.165, 1.54) is 6.08 Å². The third kappa shape index (κ3) is 5.43. The molecule has 9 nitrogen and oxygen atoms in total. The summed E-state index contributed by atoms with van der Waals surface area (Å²) in [6.45, 7) is 4.18. The summed E-state index contributed by atoms with van der Waals surface area (Å²) in [4.78, 5) is 49.8. The number of amides is 2. The van der Waals surface area contributed by atoms with E-state index >= 15 is 0 Å². The minimum atomic E-state index is -1.75. The topological polar surface area (TPSA) is 122 Å². The number of hydrogen-bond acceptors (Lipinski definition) is 6. The van der Waals surface area contributed by atoms with E-state index in [0.29, 0.717) is 0 Å². The summed E-state index contributed by atoms with van der Waals surface area (Å²) < 4.78 is 10.3. The molecular formula is C25H26N2O7. The van der Waals surface area contributed by atoms with Crippen LogP contribution in [0, 0.1) is 0 Å². The van der Waals surface area contributed by atoms with Gasteiger partial charge in [-0.2, -0.15) is 0 Å². The van der Waals surface area contributed by atoms with E-state index in [0.717, 1.165) is 27.2 Å². The van der Waals surface area contributed by atoms with Gasteiger partial charge in [0.15, 0.2) is 0 Å². The molecule has 2 N–H and O–H groups in total. The molecule has 0 aromatic heterocycles. The van der Waals surface area contributed by atoms with Gasteiger partial charge >= 0.3 is 18.0 Å². The van der Waals surface area contributed by atoms with Crippen LogP contribution in [0.25, 0.3) is 11.1 Å². The second kappa shape index (κ2) is 11.1. The third-order valence-corrected chi connectivity index (χ3v) is 5.36. The van der Waals surface area contributed by atoms with Gasteiger partial charge in [-0.3, -0.25) is 14.9 Å². The van der Waals surface area contributed by atoms with Crippen LogP contribution in [0.15, 0.2) is 61.2 Å². The molecule has 1 atom stereocenters. The van der Waals surface area contributed by atoms with Crippen LogP contribution in [0.3, 0.4) is 0 Å². The van der Waals surface area contributed by atoms with Crippen molar-refractivity contribution in [3.63, 3.8) is 0 Å². The van der Waals surface area contributed by atoms with Gasteiger partial charge in [0.25, 0.3) is 5.91 Å². The zero-order chi connectivity index (χ0) is 24.7. The number of alkyl carbamates (subject to hydrolysis) is 1. The summed E-state index contributed by atoms with van der Waals surface area (Å²) in [6.07, 6.45) is 0.318. The van der Waals surface area contributed by atoms with Crippen molar-refractivity contribution in [3.8, 4) is 11.1 Å². The summed E-state index contributed by atoms with van der Waals surface area (Å²) in [5.74, 6) is -3.44. The lowest BCUT2D eigenvalue weighted by molar-refractivity contribution is -0.154. The Hall–Kier alpha value is -4.14. The van der Waals surface area contributed by atoms with Gasteiger partial charge in [0, 0.05) is 12.5 Å². The van der Waals surface area contributed by atoms with Gasteiger partial charge in [-0.05, 0) is 29.2 Å². The lowest BCUT2D eigenvalue weighted by atomic mass is 9.98. The highest BCUT2D eigenvalue weighted by atomic mass is 16.6. The molecule has 0 spiro atoms. The molecule has 0 saturated heterocycles. The van der Waals surface area contributed by atoms with Crippen LogP contribution < -0.4 is 5.32 Å². The van der Waals surface area contributed by atoms with Gasteiger partial charge in [-0.25, -0.2) is 9.59 Å². The molecule has 2 aromatic carbocycles. The van der Waals surface area contributed by atoms with E-state index in [-0.39, 0.29) is 25.7 Å². The summed E-state index contributed by atoms with van der Waals surface area (Å²) in [5.41, 5.74) is 4.13. The van der Waals surface area contributed by atoms with Gasteiger partial charge in [0.1, 0.15) is 13.2 Å². The van der Waals surface area contributed by atoms with E-state index in [1.807, 2.05) is 48.5 Å². The average Bonchev–Trinajstić information content (AvgIpc) is 3.14. The van der Waals surface area contributed by atoms with Crippen LogP contribution in [0.4, 0.5) is 4.79 Å². The lowest BCUT2D eigenvalue weighted by Gasteiger charge is -2.24. The Bertz CT molecular complexity index is 1050. The quantitative estimate of drug-likeness (QED) is 0.313. The Morgan fingerprint density at radius 3 is 2.18 bits per heavy atom. The maximum atomic E-state index is 12.9. The minimum Gasteiger partial charge on any atom is -0.480 e. The van der Waals surface area contributed by atoms with Crippen molar-refractivity contribution in [1.82, 2.24) is 10.2 Å². The monoisotopic (exact) mass is 466 g/mol. The van der Waals surface area contributed by atoms with Gasteiger partial charge in [0.05, 0.1) is 6.61 Å². The second-order valence-corrected chi connectivity index (χ2v) is 7.56. The molecule has 0 fully saturated rings. The van der Waals surface area contributed by atoms with Crippen molar-refractivity contribution in [1.29, 1.82) is 0 Å². The van der Waals surface area contributed by atoms with E-state index < -0.39 is 36.5 Å². The van der Waals surface area contributed by atoms with Crippen LogP contribution in [0.1, 0.15) is 24.0 Å². The van der Waals surface area contributed by atoms with Crippen LogP contribution in [-0.4, -0.2) is 66.3 Å². The Labute approximate surface area is 197 Å². The Balaban J connectivity index is 1.74. The number of rotatable bonds is 10. The molecule has 34 heavy (non-hydrogen) atoms. The second-order valence-electron chi connectivity index (χ2n) is 7.56. The first-order valence-electron chi connectivity index (χ1n) is 10.8. The van der Waals surface area contributed by atoms with Crippen LogP contribution in [-0.2, 0) is 23.9 Å². The van der Waals surface area contributed by atoms with Crippen molar-refractivity contribution in [2.45, 2.75) is 18.9 Å². The highest BCUT2D eigenvalue weighted by molar-refractivity contribution is 6.04. The van der Waals surface area contributed by atoms with Crippen molar-refractivity contribution in [3.05, 3.63) is 72.3 Å².